The third kappa shape index (κ3) is 3.17. The molecule has 1 aromatic carbocycles. The Morgan fingerprint density at radius 2 is 1.88 bits per heavy atom. The number of urea groups is 2. The fraction of sp³-hybridized carbons (Fsp3) is 0.500. The van der Waals surface area contributed by atoms with Crippen LogP contribution in [0.3, 0.4) is 0 Å². The summed E-state index contributed by atoms with van der Waals surface area (Å²) < 4.78 is 11.1. The largest absolute Gasteiger partial charge is 0.454 e. The number of carbonyl (C=O) groups excluding carboxylic acids is 2. The number of benzene rings is 1. The van der Waals surface area contributed by atoms with E-state index in [-0.39, 0.29) is 30.8 Å². The van der Waals surface area contributed by atoms with Crippen LogP contribution in [0.1, 0.15) is 30.7 Å². The van der Waals surface area contributed by atoms with Gasteiger partial charge in [-0.1, -0.05) is 6.42 Å². The van der Waals surface area contributed by atoms with E-state index in [2.05, 4.69) is 21.3 Å². The van der Waals surface area contributed by atoms with Crippen LogP contribution in [0.15, 0.2) is 12.1 Å². The van der Waals surface area contributed by atoms with Gasteiger partial charge in [-0.15, -0.1) is 0 Å². The summed E-state index contributed by atoms with van der Waals surface area (Å²) >= 11 is 0. The molecule has 2 aliphatic rings. The van der Waals surface area contributed by atoms with Crippen molar-refractivity contribution >= 4 is 17.7 Å². The summed E-state index contributed by atoms with van der Waals surface area (Å²) in [6, 6.07) is 3.18. The quantitative estimate of drug-likeness (QED) is 0.676. The molecule has 3 rings (SSSR count). The van der Waals surface area contributed by atoms with Crippen LogP contribution in [0, 0.1) is 0 Å². The second-order valence-corrected chi connectivity index (χ2v) is 5.87. The lowest BCUT2D eigenvalue weighted by atomic mass is 9.92. The Kier molecular flexibility index (Phi) is 4.64. The molecule has 1 aliphatic carbocycles. The number of amides is 4. The van der Waals surface area contributed by atoms with Gasteiger partial charge in [-0.2, -0.15) is 0 Å². The highest BCUT2D eigenvalue weighted by Gasteiger charge is 2.34. The molecular formula is C16H22N4O4. The minimum absolute atomic E-state index is 0.0218. The lowest BCUT2D eigenvalue weighted by Gasteiger charge is -2.23. The Hall–Kier alpha value is -2.64. The van der Waals surface area contributed by atoms with E-state index >= 15 is 0 Å². The zero-order chi connectivity index (χ0) is 17.1. The first-order chi connectivity index (χ1) is 11.6. The van der Waals surface area contributed by atoms with Gasteiger partial charge in [0.25, 0.3) is 0 Å². The molecule has 4 amide bonds. The fourth-order valence-electron chi connectivity index (χ4n) is 3.32. The molecule has 1 saturated carbocycles. The Bertz CT molecular complexity index is 649. The normalized spacial score (nSPS) is 21.2. The van der Waals surface area contributed by atoms with Crippen LogP contribution in [0.2, 0.25) is 0 Å². The fourth-order valence-corrected chi connectivity index (χ4v) is 3.32. The maximum atomic E-state index is 11.7. The topological polar surface area (TPSA) is 101 Å². The number of hydrogen-bond acceptors (Lipinski definition) is 4. The average Bonchev–Trinajstić information content (AvgIpc) is 3.22. The second-order valence-electron chi connectivity index (χ2n) is 5.87. The molecule has 24 heavy (non-hydrogen) atoms. The number of nitrogens with one attached hydrogen (secondary N) is 4. The molecule has 8 nitrogen and oxygen atoms in total. The average molecular weight is 334 g/mol. The molecule has 4 N–H and O–H groups in total. The summed E-state index contributed by atoms with van der Waals surface area (Å²) in [5, 5.41) is 10.9. The van der Waals surface area contributed by atoms with Gasteiger partial charge in [-0.05, 0) is 18.9 Å². The molecule has 0 aromatic heterocycles. The van der Waals surface area contributed by atoms with Crippen molar-refractivity contribution < 1.29 is 19.1 Å². The molecule has 1 fully saturated rings. The van der Waals surface area contributed by atoms with Crippen molar-refractivity contribution in [3.63, 3.8) is 0 Å². The van der Waals surface area contributed by atoms with Crippen molar-refractivity contribution in [2.45, 2.75) is 31.2 Å². The van der Waals surface area contributed by atoms with Crippen molar-refractivity contribution in [1.82, 2.24) is 16.0 Å². The third-order valence-electron chi connectivity index (χ3n) is 4.45. The van der Waals surface area contributed by atoms with E-state index in [9.17, 15) is 9.59 Å². The molecule has 2 unspecified atom stereocenters. The van der Waals surface area contributed by atoms with E-state index < -0.39 is 0 Å². The SMILES string of the molecule is CNC(=O)Nc1cc2c(c(C3CCCC3NC(=O)NC)c1)OCO2. The summed E-state index contributed by atoms with van der Waals surface area (Å²) in [5.74, 6) is 1.43. The Labute approximate surface area is 140 Å². The highest BCUT2D eigenvalue weighted by Crippen LogP contribution is 2.46. The van der Waals surface area contributed by atoms with Gasteiger partial charge in [0.2, 0.25) is 6.79 Å². The monoisotopic (exact) mass is 334 g/mol. The van der Waals surface area contributed by atoms with E-state index in [1.807, 2.05) is 6.07 Å². The molecule has 0 bridgehead atoms. The number of anilines is 1. The van der Waals surface area contributed by atoms with Crippen LogP contribution in [-0.2, 0) is 0 Å². The lowest BCUT2D eigenvalue weighted by Crippen LogP contribution is -2.41. The van der Waals surface area contributed by atoms with Gasteiger partial charge in [-0.3, -0.25) is 0 Å². The van der Waals surface area contributed by atoms with Gasteiger partial charge in [0, 0.05) is 43.4 Å². The lowest BCUT2D eigenvalue weighted by molar-refractivity contribution is 0.172. The van der Waals surface area contributed by atoms with Crippen molar-refractivity contribution in [2.75, 3.05) is 26.2 Å². The first-order valence-corrected chi connectivity index (χ1v) is 8.03. The molecule has 130 valence electrons. The van der Waals surface area contributed by atoms with Crippen LogP contribution in [-0.4, -0.2) is 39.0 Å². The molecule has 0 radical (unpaired) electrons. The predicted octanol–water partition coefficient (Wildman–Crippen LogP) is 1.73. The van der Waals surface area contributed by atoms with Crippen LogP contribution < -0.4 is 30.7 Å². The Morgan fingerprint density at radius 3 is 2.62 bits per heavy atom. The molecule has 8 heteroatoms. The van der Waals surface area contributed by atoms with Crippen LogP contribution >= 0.6 is 0 Å². The summed E-state index contributed by atoms with van der Waals surface area (Å²) in [6.45, 7) is 0.159. The molecular weight excluding hydrogens is 312 g/mol. The molecule has 0 spiro atoms. The number of rotatable bonds is 3. The second kappa shape index (κ2) is 6.86. The van der Waals surface area contributed by atoms with Gasteiger partial charge >= 0.3 is 12.1 Å². The van der Waals surface area contributed by atoms with Gasteiger partial charge in [0.1, 0.15) is 0 Å². The molecule has 0 saturated heterocycles. The zero-order valence-corrected chi connectivity index (χ0v) is 13.8. The van der Waals surface area contributed by atoms with Crippen LogP contribution in [0.4, 0.5) is 15.3 Å². The minimum atomic E-state index is -0.300. The molecule has 2 atom stereocenters. The van der Waals surface area contributed by atoms with Crippen molar-refractivity contribution in [3.05, 3.63) is 17.7 Å². The molecule has 1 aliphatic heterocycles. The summed E-state index contributed by atoms with van der Waals surface area (Å²) in [6.07, 6.45) is 2.86. The highest BCUT2D eigenvalue weighted by atomic mass is 16.7. The zero-order valence-electron chi connectivity index (χ0n) is 13.8. The van der Waals surface area contributed by atoms with E-state index in [1.54, 1.807) is 20.2 Å². The summed E-state index contributed by atoms with van der Waals surface area (Å²) in [5.41, 5.74) is 1.59. The van der Waals surface area contributed by atoms with Crippen molar-refractivity contribution in [1.29, 1.82) is 0 Å². The predicted molar refractivity (Wildman–Crippen MR) is 88.6 cm³/mol. The van der Waals surface area contributed by atoms with Crippen molar-refractivity contribution in [3.8, 4) is 11.5 Å². The van der Waals surface area contributed by atoms with Crippen LogP contribution in [0.5, 0.6) is 11.5 Å². The summed E-state index contributed by atoms with van der Waals surface area (Å²) in [7, 11) is 3.16. The Morgan fingerprint density at radius 1 is 1.08 bits per heavy atom. The van der Waals surface area contributed by atoms with E-state index in [0.29, 0.717) is 17.2 Å². The first kappa shape index (κ1) is 16.2. The van der Waals surface area contributed by atoms with Gasteiger partial charge in [0.15, 0.2) is 11.5 Å². The van der Waals surface area contributed by atoms with Gasteiger partial charge in [0.05, 0.1) is 0 Å². The third-order valence-corrected chi connectivity index (χ3v) is 4.45. The van der Waals surface area contributed by atoms with E-state index in [4.69, 9.17) is 9.47 Å². The van der Waals surface area contributed by atoms with Crippen LogP contribution in [0.25, 0.3) is 0 Å². The smallest absolute Gasteiger partial charge is 0.318 e. The van der Waals surface area contributed by atoms with Gasteiger partial charge < -0.3 is 30.7 Å². The maximum absolute atomic E-state index is 11.7. The van der Waals surface area contributed by atoms with Gasteiger partial charge in [-0.25, -0.2) is 9.59 Å². The first-order valence-electron chi connectivity index (χ1n) is 8.03. The Balaban J connectivity index is 1.91. The molecule has 1 heterocycles. The number of hydrogen-bond donors (Lipinski definition) is 4. The van der Waals surface area contributed by atoms with E-state index in [1.165, 1.54) is 0 Å². The standard InChI is InChI=1S/C16H22N4O4/c1-17-15(21)19-9-6-11(14-13(7-9)23-8-24-14)10-4-3-5-12(10)20-16(22)18-2/h6-7,10,12H,3-5,8H2,1-2H3,(H2,17,19,21)(H2,18,20,22). The number of carbonyl (C=O) groups is 2. The highest BCUT2D eigenvalue weighted by molar-refractivity contribution is 5.89. The minimum Gasteiger partial charge on any atom is -0.454 e. The number of fused-ring (bicyclic) bond motifs is 1. The van der Waals surface area contributed by atoms with Crippen molar-refractivity contribution in [2.24, 2.45) is 0 Å². The maximum Gasteiger partial charge on any atom is 0.318 e. The number of ether oxygens (including phenoxy) is 2. The van der Waals surface area contributed by atoms with E-state index in [0.717, 1.165) is 24.8 Å². The molecule has 1 aromatic rings. The summed E-state index contributed by atoms with van der Waals surface area (Å²) in [4.78, 5) is 23.3.